The zero-order valence-corrected chi connectivity index (χ0v) is 15.3. The van der Waals surface area contributed by atoms with Gasteiger partial charge in [0.1, 0.15) is 5.52 Å². The number of esters is 1. The summed E-state index contributed by atoms with van der Waals surface area (Å²) in [6.07, 6.45) is 7.69. The number of nitrogens with one attached hydrogen (secondary N) is 2. The summed E-state index contributed by atoms with van der Waals surface area (Å²) in [6.45, 7) is 3.64. The van der Waals surface area contributed by atoms with E-state index in [2.05, 4.69) is 20.3 Å². The molecule has 1 amide bonds. The molecule has 1 atom stereocenters. The van der Waals surface area contributed by atoms with Gasteiger partial charge in [-0.3, -0.25) is 9.59 Å². The van der Waals surface area contributed by atoms with E-state index in [4.69, 9.17) is 4.74 Å². The second-order valence-electron chi connectivity index (χ2n) is 7.97. The molecule has 2 aromatic rings. The molecule has 7 heteroatoms. The molecule has 26 heavy (non-hydrogen) atoms. The second kappa shape index (κ2) is 6.07. The fourth-order valence-electron chi connectivity index (χ4n) is 3.58. The predicted molar refractivity (Wildman–Crippen MR) is 95.6 cm³/mol. The van der Waals surface area contributed by atoms with Crippen molar-refractivity contribution in [3.05, 3.63) is 23.7 Å². The first kappa shape index (κ1) is 17.0. The van der Waals surface area contributed by atoms with Crippen LogP contribution in [0.25, 0.3) is 11.2 Å². The van der Waals surface area contributed by atoms with Crippen molar-refractivity contribution in [1.29, 1.82) is 0 Å². The van der Waals surface area contributed by atoms with Crippen LogP contribution in [-0.2, 0) is 9.53 Å². The quantitative estimate of drug-likeness (QED) is 0.775. The van der Waals surface area contributed by atoms with E-state index in [1.54, 1.807) is 12.4 Å². The molecule has 2 aliphatic rings. The van der Waals surface area contributed by atoms with Crippen LogP contribution in [0.5, 0.6) is 0 Å². The summed E-state index contributed by atoms with van der Waals surface area (Å²) in [5, 5.41) is 3.07. The molecule has 2 fully saturated rings. The van der Waals surface area contributed by atoms with E-state index in [0.717, 1.165) is 31.4 Å². The largest absolute Gasteiger partial charge is 0.469 e. The van der Waals surface area contributed by atoms with E-state index in [0.29, 0.717) is 28.6 Å². The van der Waals surface area contributed by atoms with Gasteiger partial charge in [0, 0.05) is 18.2 Å². The number of methoxy groups -OCH3 is 1. The van der Waals surface area contributed by atoms with Crippen LogP contribution in [0.1, 0.15) is 61.5 Å². The van der Waals surface area contributed by atoms with Crippen molar-refractivity contribution in [3.8, 4) is 0 Å². The number of carbonyl (C=O) groups excluding carboxylic acids is 2. The molecular formula is C19H24N4O3. The summed E-state index contributed by atoms with van der Waals surface area (Å²) in [4.78, 5) is 37.2. The zero-order chi connectivity index (χ0) is 18.5. The van der Waals surface area contributed by atoms with Crippen molar-refractivity contribution in [2.75, 3.05) is 7.11 Å². The molecule has 0 spiro atoms. The van der Waals surface area contributed by atoms with Crippen molar-refractivity contribution in [3.63, 3.8) is 0 Å². The summed E-state index contributed by atoms with van der Waals surface area (Å²) in [5.74, 6) is 0.221. The molecule has 0 aliphatic heterocycles. The minimum absolute atomic E-state index is 0.229. The van der Waals surface area contributed by atoms with Crippen LogP contribution < -0.4 is 5.32 Å². The Labute approximate surface area is 151 Å². The van der Waals surface area contributed by atoms with E-state index < -0.39 is 5.41 Å². The molecule has 4 rings (SSSR count). The van der Waals surface area contributed by atoms with Crippen LogP contribution in [0, 0.1) is 11.3 Å². The molecule has 2 aliphatic carbocycles. The Kier molecular flexibility index (Phi) is 3.97. The van der Waals surface area contributed by atoms with E-state index in [9.17, 15) is 9.59 Å². The SMILES string of the molecule is COC(=O)C(C)(C)C(NC(=O)c1c[nH]c2ncc(C3CC3)nc12)C1CC1. The maximum atomic E-state index is 13.0. The first-order chi connectivity index (χ1) is 12.4. The lowest BCUT2D eigenvalue weighted by atomic mass is 9.81. The topological polar surface area (TPSA) is 97.0 Å². The Morgan fingerprint density at radius 1 is 1.31 bits per heavy atom. The third-order valence-electron chi connectivity index (χ3n) is 5.51. The van der Waals surface area contributed by atoms with Crippen LogP contribution in [0.4, 0.5) is 0 Å². The number of nitrogens with zero attached hydrogens (tertiary/aromatic N) is 2. The number of H-pyrrole nitrogens is 1. The summed E-state index contributed by atoms with van der Waals surface area (Å²) < 4.78 is 4.95. The number of carbonyl (C=O) groups is 2. The van der Waals surface area contributed by atoms with Gasteiger partial charge in [-0.1, -0.05) is 0 Å². The van der Waals surface area contributed by atoms with Crippen LogP contribution in [0.15, 0.2) is 12.4 Å². The van der Waals surface area contributed by atoms with Gasteiger partial charge in [-0.25, -0.2) is 9.97 Å². The number of rotatable bonds is 6. The Hall–Kier alpha value is -2.44. The normalized spacial score (nSPS) is 18.6. The van der Waals surface area contributed by atoms with E-state index >= 15 is 0 Å². The van der Waals surface area contributed by atoms with Crippen LogP contribution in [-0.4, -0.2) is 40.0 Å². The van der Waals surface area contributed by atoms with E-state index in [-0.39, 0.29) is 17.9 Å². The third kappa shape index (κ3) is 2.95. The fourth-order valence-corrected chi connectivity index (χ4v) is 3.58. The van der Waals surface area contributed by atoms with Gasteiger partial charge in [-0.15, -0.1) is 0 Å². The molecule has 7 nitrogen and oxygen atoms in total. The van der Waals surface area contributed by atoms with Crippen LogP contribution in [0.3, 0.4) is 0 Å². The van der Waals surface area contributed by atoms with E-state index in [1.165, 1.54) is 7.11 Å². The maximum absolute atomic E-state index is 13.0. The zero-order valence-electron chi connectivity index (χ0n) is 15.3. The maximum Gasteiger partial charge on any atom is 0.313 e. The first-order valence-electron chi connectivity index (χ1n) is 9.15. The average Bonchev–Trinajstić information content (AvgIpc) is 3.54. The number of ether oxygens (including phenoxy) is 1. The Morgan fingerprint density at radius 3 is 2.65 bits per heavy atom. The van der Waals surface area contributed by atoms with Crippen molar-refractivity contribution >= 4 is 23.0 Å². The molecular weight excluding hydrogens is 332 g/mol. The van der Waals surface area contributed by atoms with Crippen molar-refractivity contribution in [2.45, 2.75) is 51.5 Å². The third-order valence-corrected chi connectivity index (χ3v) is 5.51. The highest BCUT2D eigenvalue weighted by molar-refractivity contribution is 6.04. The molecule has 0 saturated heterocycles. The van der Waals surface area contributed by atoms with Gasteiger partial charge in [0.2, 0.25) is 0 Å². The van der Waals surface area contributed by atoms with Crippen molar-refractivity contribution in [1.82, 2.24) is 20.3 Å². The molecule has 2 aromatic heterocycles. The lowest BCUT2D eigenvalue weighted by Crippen LogP contribution is -2.50. The monoisotopic (exact) mass is 356 g/mol. The summed E-state index contributed by atoms with van der Waals surface area (Å²) in [6, 6.07) is -0.271. The second-order valence-corrected chi connectivity index (χ2v) is 7.97. The van der Waals surface area contributed by atoms with Gasteiger partial charge < -0.3 is 15.0 Å². The van der Waals surface area contributed by atoms with Gasteiger partial charge >= 0.3 is 5.97 Å². The van der Waals surface area contributed by atoms with E-state index in [1.807, 2.05) is 13.8 Å². The highest BCUT2D eigenvalue weighted by Crippen LogP contribution is 2.42. The Balaban J connectivity index is 1.61. The highest BCUT2D eigenvalue weighted by Gasteiger charge is 2.47. The summed E-state index contributed by atoms with van der Waals surface area (Å²) in [7, 11) is 1.38. The van der Waals surface area contributed by atoms with Gasteiger partial charge in [-0.05, 0) is 45.4 Å². The number of fused-ring (bicyclic) bond motifs is 1. The van der Waals surface area contributed by atoms with Gasteiger partial charge in [0.15, 0.2) is 5.65 Å². The predicted octanol–water partition coefficient (Wildman–Crippen LogP) is 2.54. The average molecular weight is 356 g/mol. The molecule has 2 saturated carbocycles. The number of hydrogen-bond donors (Lipinski definition) is 2. The minimum Gasteiger partial charge on any atom is -0.469 e. The molecule has 1 unspecified atom stereocenters. The number of amides is 1. The van der Waals surface area contributed by atoms with Gasteiger partial charge in [0.25, 0.3) is 5.91 Å². The number of aromatic nitrogens is 3. The van der Waals surface area contributed by atoms with Crippen LogP contribution >= 0.6 is 0 Å². The van der Waals surface area contributed by atoms with Crippen molar-refractivity contribution < 1.29 is 14.3 Å². The first-order valence-corrected chi connectivity index (χ1v) is 9.15. The summed E-state index contributed by atoms with van der Waals surface area (Å²) >= 11 is 0. The summed E-state index contributed by atoms with van der Waals surface area (Å²) in [5.41, 5.74) is 1.83. The Bertz CT molecular complexity index is 865. The van der Waals surface area contributed by atoms with Crippen LogP contribution in [0.2, 0.25) is 0 Å². The molecule has 0 aromatic carbocycles. The van der Waals surface area contributed by atoms with Gasteiger partial charge in [0.05, 0.1) is 30.0 Å². The molecule has 0 bridgehead atoms. The molecule has 2 heterocycles. The fraction of sp³-hybridized carbons (Fsp3) is 0.579. The lowest BCUT2D eigenvalue weighted by Gasteiger charge is -2.32. The molecule has 0 radical (unpaired) electrons. The highest BCUT2D eigenvalue weighted by atomic mass is 16.5. The van der Waals surface area contributed by atoms with Gasteiger partial charge in [-0.2, -0.15) is 0 Å². The lowest BCUT2D eigenvalue weighted by molar-refractivity contribution is -0.152. The minimum atomic E-state index is -0.789. The molecule has 138 valence electrons. The molecule has 2 N–H and O–H groups in total. The number of aromatic amines is 1. The standard InChI is InChI=1S/C19H24N4O3/c1-19(2,18(25)26-3)15(11-6-7-11)23-17(24)12-8-20-16-14(12)22-13(9-21-16)10-4-5-10/h8-11,15H,4-7H2,1-3H3,(H,20,21)(H,23,24). The van der Waals surface area contributed by atoms with Crippen molar-refractivity contribution in [2.24, 2.45) is 11.3 Å². The number of hydrogen-bond acceptors (Lipinski definition) is 5. The smallest absolute Gasteiger partial charge is 0.313 e. The Morgan fingerprint density at radius 2 is 2.04 bits per heavy atom.